The first-order valence-corrected chi connectivity index (χ1v) is 4.75. The van der Waals surface area contributed by atoms with Crippen molar-refractivity contribution >= 4 is 43.1 Å². The number of hydrogen-bond acceptors (Lipinski definition) is 3. The molecule has 0 radical (unpaired) electrons. The highest BCUT2D eigenvalue weighted by molar-refractivity contribution is 14.1. The third-order valence-corrected chi connectivity index (χ3v) is 4.08. The Morgan fingerprint density at radius 2 is 2.17 bits per heavy atom. The van der Waals surface area contributed by atoms with E-state index in [0.29, 0.717) is 0 Å². The Kier molecular flexibility index (Phi) is 3.72. The van der Waals surface area contributed by atoms with Gasteiger partial charge in [0.05, 0.1) is 0 Å². The van der Waals surface area contributed by atoms with Gasteiger partial charge < -0.3 is 4.21 Å². The van der Waals surface area contributed by atoms with Crippen LogP contribution in [-0.2, 0) is 24.8 Å². The highest BCUT2D eigenvalue weighted by atomic mass is 127. The van der Waals surface area contributed by atoms with E-state index in [1.807, 2.05) is 29.5 Å². The molecule has 0 aliphatic heterocycles. The summed E-state index contributed by atoms with van der Waals surface area (Å²) in [5, 5.41) is 0. The van der Waals surface area contributed by atoms with E-state index in [4.69, 9.17) is 0 Å². The van der Waals surface area contributed by atoms with E-state index in [2.05, 4.69) is 11.2 Å². The number of rotatable bonds is 1. The number of halogens is 1. The van der Waals surface area contributed by atoms with Crippen LogP contribution in [0, 0.1) is 0 Å². The van der Waals surface area contributed by atoms with Gasteiger partial charge in [-0.25, -0.2) is 11.2 Å². The Bertz CT molecular complexity index is 87.7. The number of alkyl halides is 1. The molecule has 1 atom stereocenters. The molecule has 0 N–H and O–H groups in total. The summed E-state index contributed by atoms with van der Waals surface area (Å²) in [4.78, 5) is 0. The van der Waals surface area contributed by atoms with E-state index in [9.17, 15) is 4.21 Å². The Balaban J connectivity index is 3.57. The van der Waals surface area contributed by atoms with Crippen molar-refractivity contribution in [1.29, 1.82) is 0 Å². The van der Waals surface area contributed by atoms with Crippen molar-refractivity contribution in [3.05, 3.63) is 0 Å². The summed E-state index contributed by atoms with van der Waals surface area (Å²) >= 11 is 6.40. The molecule has 0 spiro atoms. The minimum Gasteiger partial charge on any atom is -0.450 e. The molecule has 4 heteroatoms. The summed E-state index contributed by atoms with van der Waals surface area (Å²) in [7, 11) is -1.05. The van der Waals surface area contributed by atoms with E-state index in [1.165, 1.54) is 0 Å². The van der Waals surface area contributed by atoms with Gasteiger partial charge in [0.25, 0.3) is 0 Å². The van der Waals surface area contributed by atoms with Crippen LogP contribution in [0.15, 0.2) is 0 Å². The highest BCUT2D eigenvalue weighted by Gasteiger charge is 1.75. The third-order valence-electron chi connectivity index (χ3n) is 0.265. The van der Waals surface area contributed by atoms with E-state index < -0.39 is 9.36 Å². The second-order valence-electron chi connectivity index (χ2n) is 0.803. The van der Waals surface area contributed by atoms with Crippen LogP contribution in [0.1, 0.15) is 6.92 Å². The van der Waals surface area contributed by atoms with Crippen LogP contribution in [0.3, 0.4) is 0 Å². The first-order valence-electron chi connectivity index (χ1n) is 1.36. The van der Waals surface area contributed by atoms with Gasteiger partial charge in [0, 0.05) is 0 Å². The molecule has 0 aliphatic rings. The average molecular weight is 235 g/mol. The van der Waals surface area contributed by atoms with Crippen molar-refractivity contribution < 1.29 is 4.21 Å². The lowest BCUT2D eigenvalue weighted by atomic mass is 11.0. The predicted octanol–water partition coefficient (Wildman–Crippen LogP) is 1.19. The van der Waals surface area contributed by atoms with E-state index in [-0.39, 0.29) is 3.26 Å². The maximum atomic E-state index is 10.1. The van der Waals surface area contributed by atoms with Crippen LogP contribution in [0.2, 0.25) is 0 Å². The monoisotopic (exact) mass is 235 g/mol. The quantitative estimate of drug-likeness (QED) is 0.386. The molecule has 0 aliphatic carbocycles. The predicted molar refractivity (Wildman–Crippen MR) is 38.9 cm³/mol. The molecule has 1 nitrogen and oxygen atoms in total. The van der Waals surface area contributed by atoms with Crippen LogP contribution in [0.5, 0.6) is 0 Å². The zero-order chi connectivity index (χ0) is 5.15. The molecule has 0 bridgehead atoms. The summed E-state index contributed by atoms with van der Waals surface area (Å²) in [6.07, 6.45) is 0. The minimum absolute atomic E-state index is 0.109. The molecule has 0 aromatic carbocycles. The molecule has 38 valence electrons. The largest absolute Gasteiger partial charge is 0.450 e. The fraction of sp³-hybridized carbons (Fsp3) is 1.00. The average Bonchev–Trinajstić information content (AvgIpc) is 1.36. The topological polar surface area (TPSA) is 17.1 Å². The lowest BCUT2D eigenvalue weighted by molar-refractivity contribution is 0.604. The zero-order valence-electron chi connectivity index (χ0n) is 3.18. The molecule has 0 saturated heterocycles. The summed E-state index contributed by atoms with van der Waals surface area (Å²) in [6, 6.07) is 0. The molecule has 0 unspecified atom stereocenters. The van der Waals surface area contributed by atoms with Gasteiger partial charge in [0.2, 0.25) is 0 Å². The Labute approximate surface area is 57.3 Å². The molecule has 0 rings (SSSR count). The molecule has 0 amide bonds. The van der Waals surface area contributed by atoms with Crippen molar-refractivity contribution in [2.45, 2.75) is 10.2 Å². The second-order valence-corrected chi connectivity index (χ2v) is 5.73. The van der Waals surface area contributed by atoms with Gasteiger partial charge in [-0.2, -0.15) is 9.36 Å². The second kappa shape index (κ2) is 3.15. The Hall–Kier alpha value is 1.10. The van der Waals surface area contributed by atoms with Crippen LogP contribution in [0.4, 0.5) is 0 Å². The van der Waals surface area contributed by atoms with Crippen molar-refractivity contribution in [2.24, 2.45) is 0 Å². The van der Waals surface area contributed by atoms with Gasteiger partial charge in [-0.15, -0.1) is 22.6 Å². The van der Waals surface area contributed by atoms with Gasteiger partial charge in [-0.05, 0) is 3.26 Å². The third kappa shape index (κ3) is 3.30. The van der Waals surface area contributed by atoms with Crippen molar-refractivity contribution in [3.8, 4) is 0 Å². The Morgan fingerprint density at radius 3 is 2.17 bits per heavy atom. The van der Waals surface area contributed by atoms with Gasteiger partial charge in [-0.1, -0.05) is 6.92 Å². The van der Waals surface area contributed by atoms with E-state index in [1.54, 1.807) is 0 Å². The van der Waals surface area contributed by atoms with Crippen LogP contribution >= 0.6 is 22.6 Å². The number of hydrogen-bond donors (Lipinski definition) is 0. The van der Waals surface area contributed by atoms with Gasteiger partial charge in [0.15, 0.2) is 0 Å². The zero-order valence-corrected chi connectivity index (χ0v) is 6.97. The maximum absolute atomic E-state index is 10.1. The van der Waals surface area contributed by atoms with E-state index in [0.717, 1.165) is 0 Å². The molecule has 0 fully saturated rings. The van der Waals surface area contributed by atoms with Crippen LogP contribution in [-0.4, -0.2) is 3.26 Å². The van der Waals surface area contributed by atoms with Crippen molar-refractivity contribution in [1.82, 2.24) is 0 Å². The van der Waals surface area contributed by atoms with Gasteiger partial charge >= 0.3 is 0 Å². The standard InChI is InChI=1S/C2H4IOS2/c1-2(3)6(4)5/h2H,1H3/q-1/t2-/m1/s1. The van der Waals surface area contributed by atoms with Crippen LogP contribution in [0.25, 0.3) is 0 Å². The molecule has 0 aromatic rings. The SMILES string of the molecule is C[C@H](I)[S-](=O)=S. The minimum atomic E-state index is -1.05. The van der Waals surface area contributed by atoms with E-state index >= 15 is 0 Å². The molecule has 0 heterocycles. The molecule has 6 heavy (non-hydrogen) atoms. The van der Waals surface area contributed by atoms with Crippen molar-refractivity contribution in [3.63, 3.8) is 0 Å². The molecular weight excluding hydrogens is 231 g/mol. The van der Waals surface area contributed by atoms with Gasteiger partial charge in [0.1, 0.15) is 0 Å². The first-order chi connectivity index (χ1) is 2.64. The van der Waals surface area contributed by atoms with Crippen LogP contribution < -0.4 is 0 Å². The fourth-order valence-electron chi connectivity index (χ4n) is 0. The lowest BCUT2D eigenvalue weighted by Gasteiger charge is -1.97. The summed E-state index contributed by atoms with van der Waals surface area (Å²) in [6.45, 7) is 1.82. The lowest BCUT2D eigenvalue weighted by Crippen LogP contribution is -1.85. The molecule has 0 saturated carbocycles. The summed E-state index contributed by atoms with van der Waals surface area (Å²) < 4.78 is 10.2. The first kappa shape index (κ1) is 7.10. The van der Waals surface area contributed by atoms with Gasteiger partial charge in [-0.3, -0.25) is 0 Å². The Morgan fingerprint density at radius 1 is 2.00 bits per heavy atom. The molecular formula is C2H4IOS2-. The summed E-state index contributed by atoms with van der Waals surface area (Å²) in [5.74, 6) is 0. The fourth-order valence-corrected chi connectivity index (χ4v) is 0. The molecule has 0 aromatic heterocycles. The smallest absolute Gasteiger partial charge is 0.0335 e. The summed E-state index contributed by atoms with van der Waals surface area (Å²) in [5.41, 5.74) is 0. The normalized spacial score (nSPS) is 15.2. The highest BCUT2D eigenvalue weighted by Crippen LogP contribution is 1.96. The van der Waals surface area contributed by atoms with Crippen molar-refractivity contribution in [2.75, 3.05) is 0 Å². The maximum Gasteiger partial charge on any atom is -0.0335 e.